The molecular weight excluding hydrogens is 266 g/mol. The molecule has 1 aromatic heterocycles. The maximum Gasteiger partial charge on any atom is 0.0967 e. The van der Waals surface area contributed by atoms with Gasteiger partial charge in [0.25, 0.3) is 0 Å². The molecule has 1 heterocycles. The van der Waals surface area contributed by atoms with Crippen molar-refractivity contribution in [2.24, 2.45) is 7.05 Å². The van der Waals surface area contributed by atoms with Crippen LogP contribution in [0.1, 0.15) is 5.56 Å². The molecule has 16 heavy (non-hydrogen) atoms. The normalized spacial score (nSPS) is 10.7. The zero-order valence-electron chi connectivity index (χ0n) is 9.37. The lowest BCUT2D eigenvalue weighted by molar-refractivity contribution is 0.765. The van der Waals surface area contributed by atoms with E-state index in [1.54, 1.807) is 0 Å². The van der Waals surface area contributed by atoms with E-state index in [4.69, 9.17) is 0 Å². The summed E-state index contributed by atoms with van der Waals surface area (Å²) in [7, 11) is 3.89. The molecule has 2 aromatic rings. The third-order valence-corrected chi connectivity index (χ3v) is 2.92. The van der Waals surface area contributed by atoms with Crippen LogP contribution in [0.5, 0.6) is 0 Å². The molecule has 0 aliphatic heterocycles. The van der Waals surface area contributed by atoms with E-state index in [1.807, 2.05) is 37.1 Å². The summed E-state index contributed by atoms with van der Waals surface area (Å²) in [6.45, 7) is 0.833. The van der Waals surface area contributed by atoms with Gasteiger partial charge in [0.15, 0.2) is 0 Å². The van der Waals surface area contributed by atoms with E-state index < -0.39 is 0 Å². The summed E-state index contributed by atoms with van der Waals surface area (Å²) in [6.07, 6.45) is 2.05. The van der Waals surface area contributed by atoms with Crippen molar-refractivity contribution in [2.75, 3.05) is 7.05 Å². The average Bonchev–Trinajstić information content (AvgIpc) is 2.61. The Morgan fingerprint density at radius 2 is 2.00 bits per heavy atom. The minimum Gasteiger partial charge on any atom is -0.316 e. The van der Waals surface area contributed by atoms with Crippen LogP contribution in [0.25, 0.3) is 11.3 Å². The summed E-state index contributed by atoms with van der Waals surface area (Å²) < 4.78 is 2.94. The van der Waals surface area contributed by atoms with Crippen molar-refractivity contribution >= 4 is 15.9 Å². The van der Waals surface area contributed by atoms with E-state index in [2.05, 4.69) is 38.5 Å². The van der Waals surface area contributed by atoms with Crippen LogP contribution in [-0.2, 0) is 13.6 Å². The summed E-state index contributed by atoms with van der Waals surface area (Å²) in [5, 5.41) is 7.65. The molecule has 0 amide bonds. The molecule has 0 bridgehead atoms. The third-order valence-electron chi connectivity index (χ3n) is 2.39. The van der Waals surface area contributed by atoms with Crippen molar-refractivity contribution in [3.8, 4) is 11.3 Å². The average molecular weight is 280 g/mol. The van der Waals surface area contributed by atoms with E-state index in [1.165, 1.54) is 5.56 Å². The first kappa shape index (κ1) is 11.4. The number of nitrogens with zero attached hydrogens (tertiary/aromatic N) is 2. The van der Waals surface area contributed by atoms with Crippen molar-refractivity contribution in [2.45, 2.75) is 6.54 Å². The molecule has 0 aliphatic carbocycles. The number of hydrogen-bond donors (Lipinski definition) is 1. The SMILES string of the molecule is CNCc1cn(C)nc1-c1ccc(Br)cc1. The third kappa shape index (κ3) is 2.33. The second-order valence-electron chi connectivity index (χ2n) is 3.71. The van der Waals surface area contributed by atoms with Gasteiger partial charge in [-0.1, -0.05) is 28.1 Å². The smallest absolute Gasteiger partial charge is 0.0967 e. The van der Waals surface area contributed by atoms with Gasteiger partial charge in [0, 0.05) is 35.4 Å². The van der Waals surface area contributed by atoms with Crippen LogP contribution in [0.4, 0.5) is 0 Å². The van der Waals surface area contributed by atoms with Crippen LogP contribution in [0.15, 0.2) is 34.9 Å². The molecule has 2 rings (SSSR count). The summed E-state index contributed by atoms with van der Waals surface area (Å²) in [5.41, 5.74) is 3.41. The van der Waals surface area contributed by atoms with Crippen molar-refractivity contribution in [3.63, 3.8) is 0 Å². The number of aromatic nitrogens is 2. The van der Waals surface area contributed by atoms with E-state index in [9.17, 15) is 0 Å². The predicted molar refractivity (Wildman–Crippen MR) is 69.1 cm³/mol. The van der Waals surface area contributed by atoms with Gasteiger partial charge in [-0.3, -0.25) is 4.68 Å². The number of hydrogen-bond acceptors (Lipinski definition) is 2. The van der Waals surface area contributed by atoms with E-state index in [0.29, 0.717) is 0 Å². The highest BCUT2D eigenvalue weighted by molar-refractivity contribution is 9.10. The van der Waals surface area contributed by atoms with Crippen molar-refractivity contribution in [1.82, 2.24) is 15.1 Å². The molecular formula is C12H14BrN3. The fraction of sp³-hybridized carbons (Fsp3) is 0.250. The van der Waals surface area contributed by atoms with Crippen LogP contribution in [0.2, 0.25) is 0 Å². The van der Waals surface area contributed by atoms with Crippen molar-refractivity contribution in [1.29, 1.82) is 0 Å². The van der Waals surface area contributed by atoms with E-state index in [0.717, 1.165) is 22.3 Å². The summed E-state index contributed by atoms with van der Waals surface area (Å²) in [6, 6.07) is 8.22. The number of aryl methyl sites for hydroxylation is 1. The molecule has 0 aliphatic rings. The first-order valence-corrected chi connectivity index (χ1v) is 5.93. The zero-order valence-corrected chi connectivity index (χ0v) is 11.0. The van der Waals surface area contributed by atoms with E-state index in [-0.39, 0.29) is 0 Å². The number of benzene rings is 1. The topological polar surface area (TPSA) is 29.9 Å². The van der Waals surface area contributed by atoms with Crippen molar-refractivity contribution < 1.29 is 0 Å². The fourth-order valence-corrected chi connectivity index (χ4v) is 1.97. The molecule has 0 saturated carbocycles. The van der Waals surface area contributed by atoms with Gasteiger partial charge in [0.2, 0.25) is 0 Å². The maximum atomic E-state index is 4.49. The molecule has 1 N–H and O–H groups in total. The van der Waals surface area contributed by atoms with Gasteiger partial charge in [0.1, 0.15) is 0 Å². The number of halogens is 1. The highest BCUT2D eigenvalue weighted by Crippen LogP contribution is 2.23. The molecule has 0 atom stereocenters. The van der Waals surface area contributed by atoms with Crippen LogP contribution in [0.3, 0.4) is 0 Å². The lowest BCUT2D eigenvalue weighted by atomic mass is 10.1. The Labute approximate surface area is 104 Å². The second-order valence-corrected chi connectivity index (χ2v) is 4.63. The monoisotopic (exact) mass is 279 g/mol. The molecule has 0 fully saturated rings. The first-order chi connectivity index (χ1) is 7.70. The van der Waals surface area contributed by atoms with Crippen LogP contribution >= 0.6 is 15.9 Å². The molecule has 3 nitrogen and oxygen atoms in total. The lowest BCUT2D eigenvalue weighted by Gasteiger charge is -2.01. The predicted octanol–water partition coefficient (Wildman–Crippen LogP) is 2.57. The van der Waals surface area contributed by atoms with Gasteiger partial charge in [0.05, 0.1) is 5.69 Å². The Bertz CT molecular complexity index is 474. The summed E-state index contributed by atoms with van der Waals surface area (Å²) in [5.74, 6) is 0. The van der Waals surface area contributed by atoms with Crippen molar-refractivity contribution in [3.05, 3.63) is 40.5 Å². The highest BCUT2D eigenvalue weighted by atomic mass is 79.9. The Morgan fingerprint density at radius 1 is 1.31 bits per heavy atom. The lowest BCUT2D eigenvalue weighted by Crippen LogP contribution is -2.05. The second kappa shape index (κ2) is 4.80. The Kier molecular flexibility index (Phi) is 3.41. The maximum absolute atomic E-state index is 4.49. The fourth-order valence-electron chi connectivity index (χ4n) is 1.71. The van der Waals surface area contributed by atoms with E-state index >= 15 is 0 Å². The molecule has 84 valence electrons. The summed E-state index contributed by atoms with van der Waals surface area (Å²) in [4.78, 5) is 0. The van der Waals surface area contributed by atoms with Gasteiger partial charge in [-0.2, -0.15) is 5.10 Å². The Balaban J connectivity index is 2.42. The molecule has 0 unspecified atom stereocenters. The van der Waals surface area contributed by atoms with Gasteiger partial charge in [-0.25, -0.2) is 0 Å². The van der Waals surface area contributed by atoms with Gasteiger partial charge >= 0.3 is 0 Å². The number of nitrogens with one attached hydrogen (secondary N) is 1. The Hall–Kier alpha value is -1.13. The largest absolute Gasteiger partial charge is 0.316 e. The number of rotatable bonds is 3. The zero-order chi connectivity index (χ0) is 11.5. The van der Waals surface area contributed by atoms with Crippen LogP contribution in [0, 0.1) is 0 Å². The van der Waals surface area contributed by atoms with Gasteiger partial charge < -0.3 is 5.32 Å². The minimum absolute atomic E-state index is 0.833. The van der Waals surface area contributed by atoms with Gasteiger partial charge in [-0.05, 0) is 19.2 Å². The molecule has 0 radical (unpaired) electrons. The molecule has 0 saturated heterocycles. The first-order valence-electron chi connectivity index (χ1n) is 5.14. The molecule has 1 aromatic carbocycles. The van der Waals surface area contributed by atoms with Crippen LogP contribution in [-0.4, -0.2) is 16.8 Å². The van der Waals surface area contributed by atoms with Gasteiger partial charge in [-0.15, -0.1) is 0 Å². The summed E-state index contributed by atoms with van der Waals surface area (Å²) >= 11 is 3.43. The molecule has 4 heteroatoms. The minimum atomic E-state index is 0.833. The molecule has 0 spiro atoms. The highest BCUT2D eigenvalue weighted by Gasteiger charge is 2.08. The quantitative estimate of drug-likeness (QED) is 0.936. The Morgan fingerprint density at radius 3 is 2.62 bits per heavy atom. The van der Waals surface area contributed by atoms with Crippen LogP contribution < -0.4 is 5.32 Å². The standard InChI is InChI=1S/C12H14BrN3/c1-14-7-10-8-16(2)15-12(10)9-3-5-11(13)6-4-9/h3-6,8,14H,7H2,1-2H3.